The van der Waals surface area contributed by atoms with Crippen molar-refractivity contribution in [1.82, 2.24) is 68.6 Å². The number of imidazole rings is 3. The van der Waals surface area contributed by atoms with Crippen LogP contribution >= 0.6 is 25.7 Å². The maximum absolute atomic E-state index is 17.2. The van der Waals surface area contributed by atoms with Crippen LogP contribution in [-0.2, 0) is 94.4 Å². The molecule has 6 aromatic carbocycles. The molecule has 0 spiro atoms. The number of fused-ring (bicyclic) bond motifs is 12. The first-order valence-corrected chi connectivity index (χ1v) is 44.9. The van der Waals surface area contributed by atoms with Crippen LogP contribution in [0.4, 0.5) is 30.9 Å². The Balaban J connectivity index is 0.498. The van der Waals surface area contributed by atoms with Crippen molar-refractivity contribution in [1.29, 1.82) is 0 Å². The fourth-order valence-corrected chi connectivity index (χ4v) is 19.7. The van der Waals surface area contributed by atoms with Crippen LogP contribution in [0, 0.1) is 6.92 Å². The Bertz CT molecular complexity index is 6290. The van der Waals surface area contributed by atoms with Crippen molar-refractivity contribution in [2.24, 2.45) is 0 Å². The predicted octanol–water partition coefficient (Wildman–Crippen LogP) is 12.8. The topological polar surface area (TPSA) is 414 Å². The molecule has 0 saturated carbocycles. The zero-order valence-electron chi connectivity index (χ0n) is 67.4. The summed E-state index contributed by atoms with van der Waals surface area (Å²) < 4.78 is 135. The Morgan fingerprint density at radius 2 is 1.35 bits per heavy atom. The van der Waals surface area contributed by atoms with E-state index in [4.69, 9.17) is 67.0 Å². The van der Waals surface area contributed by atoms with Gasteiger partial charge < -0.3 is 62.5 Å². The third-order valence-electron chi connectivity index (χ3n) is 21.1. The summed E-state index contributed by atoms with van der Waals surface area (Å²) >= 11 is 0.681. The van der Waals surface area contributed by atoms with Crippen molar-refractivity contribution >= 4 is 119 Å². The lowest BCUT2D eigenvalue weighted by atomic mass is 9.95. The molecule has 11 heterocycles. The second-order valence-electron chi connectivity index (χ2n) is 30.4. The zero-order chi connectivity index (χ0) is 86.1. The van der Waals surface area contributed by atoms with E-state index in [0.29, 0.717) is 110 Å². The molecule has 3 fully saturated rings. The lowest BCUT2D eigenvalue weighted by molar-refractivity contribution is -0.134. The number of alkyl halides is 2. The number of aromatic nitrogens is 14. The molecule has 0 bridgehead atoms. The van der Waals surface area contributed by atoms with Gasteiger partial charge in [0.25, 0.3) is 15.0 Å². The van der Waals surface area contributed by atoms with Crippen LogP contribution in [-0.4, -0.2) is 174 Å². The van der Waals surface area contributed by atoms with E-state index in [9.17, 15) is 28.8 Å². The molecule has 4 N–H and O–H groups in total. The quantitative estimate of drug-likeness (QED) is 0.0157. The van der Waals surface area contributed by atoms with Crippen molar-refractivity contribution < 1.29 is 93.4 Å². The standard InChI is InChI=1S/C83H82BF2N17O18P2S/c1-5-111-40-62-95-69-71(100(62)42-83(3,4)108)56-16-8-10-18-58(56)94-76(69)96-82(107)113-37-48-22-28-53(29-23-48)116-64(105)21-13-12-20-63(104)99-36-51-14-6-7-15-55(51)68-72(57-17-9-11-19-59(57)99)103(98-97-68)34-35-112-52-32-26-50(27-33-52)81(106)117-54-30-24-49(25-31-54)41-124-123(110)115-39-61-73(65(85)79(119-61)102-46-93-70-75(87)89-44-91-78(70)102)120-122(84,109)114-38-60-74(121-123)66(86)80(118-60)101-45-92-67-47(2)88-43-90-77(67)101/h6-11,14-19,22-33,43-46,60-61,65-66,73-74,79-80,108H,5,12-13,20-21,34-42,84H2,1-4H3,(H2,87,89,91)(H,94,96,107)/t60-,61-,65-,66-,73-,74-,79-,80-,122+,123-/m1/s1. The van der Waals surface area contributed by atoms with E-state index in [1.807, 2.05) is 84.3 Å². The molecule has 35 nitrogen and oxygen atoms in total. The highest BCUT2D eigenvalue weighted by atomic mass is 32.7. The van der Waals surface area contributed by atoms with Gasteiger partial charge in [0, 0.05) is 41.7 Å². The molecular weight excluding hydrogens is 1670 g/mol. The van der Waals surface area contributed by atoms with E-state index < -0.39 is 100 Å². The smallest absolute Gasteiger partial charge is 0.413 e. The molecule has 13 aromatic rings. The number of hydrogen-bond donors (Lipinski definition) is 3. The van der Waals surface area contributed by atoms with E-state index in [1.54, 1.807) is 91.0 Å². The van der Waals surface area contributed by atoms with Gasteiger partial charge >= 0.3 is 24.8 Å². The number of nitrogen functional groups attached to an aromatic ring is 1. The average Bonchev–Trinajstić information content (AvgIpc) is 1.31. The van der Waals surface area contributed by atoms with E-state index in [2.05, 4.69) is 45.5 Å². The van der Waals surface area contributed by atoms with Crippen molar-refractivity contribution in [3.63, 3.8) is 0 Å². The molecule has 41 heteroatoms. The number of aliphatic hydroxyl groups is 1. The Kier molecular flexibility index (Phi) is 24.3. The number of hydrogen-bond acceptors (Lipinski definition) is 30. The van der Waals surface area contributed by atoms with Gasteiger partial charge in [0.1, 0.15) is 102 Å². The summed E-state index contributed by atoms with van der Waals surface area (Å²) in [5.41, 5.74) is 13.7. The number of esters is 2. The molecule has 4 aliphatic rings. The summed E-state index contributed by atoms with van der Waals surface area (Å²) in [4.78, 5) is 91.3. The number of aryl methyl sites for hydroxylation is 1. The Morgan fingerprint density at radius 3 is 2.10 bits per heavy atom. The number of para-hydroxylation sites is 2. The number of nitrogens with one attached hydrogen (secondary N) is 1. The van der Waals surface area contributed by atoms with E-state index in [0.717, 1.165) is 24.1 Å². The van der Waals surface area contributed by atoms with Gasteiger partial charge in [0.2, 0.25) is 5.91 Å². The zero-order valence-corrected chi connectivity index (χ0v) is 70.0. The molecule has 10 atom stereocenters. The number of nitrogens with two attached hydrogens (primary N) is 1. The normalized spacial score (nSPS) is 21.5. The summed E-state index contributed by atoms with van der Waals surface area (Å²) in [5, 5.41) is 23.7. The van der Waals surface area contributed by atoms with Crippen LogP contribution < -0.4 is 30.2 Å². The van der Waals surface area contributed by atoms with Crippen LogP contribution in [0.2, 0.25) is 0 Å². The van der Waals surface area contributed by atoms with Gasteiger partial charge in [-0.15, -0.1) is 5.10 Å². The number of nitrogens with zero attached hydrogens (tertiary/aromatic N) is 15. The van der Waals surface area contributed by atoms with Crippen LogP contribution in [0.3, 0.4) is 0 Å². The van der Waals surface area contributed by atoms with Gasteiger partial charge in [-0.05, 0) is 129 Å². The molecule has 3 saturated heterocycles. The molecule has 2 amide bonds. The SMILES string of the molecule is B[P@]1(=O)OC[C@H]2O[C@@H](n3cnc4c(C)ncnc43)[C@H](F)[C@@H]2O[P@](=O)(SCc2ccc(OC(=O)c3ccc(OCCn4nnc5c4-c4ccccc4N(C(=O)CCCCC(=O)Oc4ccc(COC(=O)Nc6nc7ccccc7c7c6nc(COCC)n7CC(C)(C)O)cc4)Cc4ccccc4-5)cc3)cc2)OC[C@H]2O[C@@H](n3cnc4c(N)ncnc43)[C@H](F)[C@@H]2O1. The highest BCUT2D eigenvalue weighted by Crippen LogP contribution is 2.65. The molecule has 4 aliphatic heterocycles. The predicted molar refractivity (Wildman–Crippen MR) is 451 cm³/mol. The first-order chi connectivity index (χ1) is 59.9. The van der Waals surface area contributed by atoms with E-state index in [-0.39, 0.29) is 104 Å². The highest BCUT2D eigenvalue weighted by molar-refractivity contribution is 8.54. The van der Waals surface area contributed by atoms with Gasteiger partial charge in [-0.1, -0.05) is 90.1 Å². The summed E-state index contributed by atoms with van der Waals surface area (Å²) in [6.07, 6.45) is -8.20. The molecule has 0 aliphatic carbocycles. The fourth-order valence-electron chi connectivity index (χ4n) is 15.2. The van der Waals surface area contributed by atoms with Crippen LogP contribution in [0.1, 0.15) is 97.5 Å². The number of rotatable bonds is 25. The maximum Gasteiger partial charge on any atom is 0.413 e. The summed E-state index contributed by atoms with van der Waals surface area (Å²) in [6.45, 7) is 2.35. The summed E-state index contributed by atoms with van der Waals surface area (Å²) in [6, 6.07) is 42.0. The van der Waals surface area contributed by atoms with Crippen molar-refractivity contribution in [2.75, 3.05) is 42.4 Å². The van der Waals surface area contributed by atoms with Crippen LogP contribution in [0.15, 0.2) is 171 Å². The first kappa shape index (κ1) is 84.4. The number of ether oxygens (including phenoxy) is 7. The lowest BCUT2D eigenvalue weighted by Crippen LogP contribution is -2.37. The van der Waals surface area contributed by atoms with Crippen molar-refractivity contribution in [2.45, 2.75) is 147 Å². The number of benzene rings is 6. The Morgan fingerprint density at radius 1 is 0.710 bits per heavy atom. The van der Waals surface area contributed by atoms with Gasteiger partial charge in [0.15, 0.2) is 47.7 Å². The molecule has 124 heavy (non-hydrogen) atoms. The molecule has 0 radical (unpaired) electrons. The summed E-state index contributed by atoms with van der Waals surface area (Å²) in [5.74, 6) is 0.240. The minimum atomic E-state index is -4.61. The number of unbranched alkanes of at least 4 members (excludes halogenated alkanes) is 1. The lowest BCUT2D eigenvalue weighted by Gasteiger charge is -2.30. The number of anilines is 3. The molecular formula is C83H82BF2N17O18P2S. The fraction of sp³-hybridized carbons (Fsp3) is 0.325. The second kappa shape index (κ2) is 35.8. The summed E-state index contributed by atoms with van der Waals surface area (Å²) in [7, 11) is -3.14. The van der Waals surface area contributed by atoms with Crippen molar-refractivity contribution in [3.8, 4) is 39.8 Å². The van der Waals surface area contributed by atoms with Crippen LogP contribution in [0.5, 0.6) is 17.2 Å². The van der Waals surface area contributed by atoms with Gasteiger partial charge in [-0.25, -0.2) is 67.5 Å². The van der Waals surface area contributed by atoms with Crippen LogP contribution in [0.25, 0.3) is 66.8 Å². The monoisotopic (exact) mass is 1750 g/mol. The third kappa shape index (κ3) is 18.1. The number of amides is 2. The number of halogens is 2. The van der Waals surface area contributed by atoms with E-state index in [1.165, 1.54) is 46.6 Å². The Hall–Kier alpha value is -11.9. The van der Waals surface area contributed by atoms with E-state index >= 15 is 13.3 Å². The second-order valence-corrected chi connectivity index (χ2v) is 36.5. The Labute approximate surface area is 710 Å². The number of carbonyl (C=O) groups excluding carboxylic acids is 4. The molecule has 640 valence electrons. The minimum Gasteiger partial charge on any atom is -0.492 e. The van der Waals surface area contributed by atoms with Gasteiger partial charge in [-0.2, -0.15) is 0 Å². The first-order valence-electron chi connectivity index (χ1n) is 39.8. The molecule has 7 aromatic heterocycles. The minimum absolute atomic E-state index is 0.0213. The highest BCUT2D eigenvalue weighted by Gasteiger charge is 2.55. The number of pyridine rings is 1. The molecule has 17 rings (SSSR count). The van der Waals surface area contributed by atoms with Crippen molar-refractivity contribution in [3.05, 3.63) is 205 Å². The molecule has 0 unspecified atom stereocenters. The maximum atomic E-state index is 17.2. The number of carbonyl (C=O) groups is 4. The largest absolute Gasteiger partial charge is 0.492 e. The average molecular weight is 1750 g/mol. The third-order valence-corrected chi connectivity index (χ3v) is 26.0. The van der Waals surface area contributed by atoms with Gasteiger partial charge in [-0.3, -0.25) is 37.7 Å². The van der Waals surface area contributed by atoms with Gasteiger partial charge in [0.05, 0.1) is 84.8 Å².